The molecule has 0 fully saturated rings. The fourth-order valence-corrected chi connectivity index (χ4v) is 2.38. The van der Waals surface area contributed by atoms with E-state index in [2.05, 4.69) is 10.5 Å². The van der Waals surface area contributed by atoms with Gasteiger partial charge < -0.3 is 10.2 Å². The lowest BCUT2D eigenvalue weighted by Crippen LogP contribution is -2.39. The van der Waals surface area contributed by atoms with Gasteiger partial charge in [-0.25, -0.2) is 0 Å². The first kappa shape index (κ1) is 11.0. The molecule has 2 aromatic rings. The molecule has 1 unspecified atom stereocenters. The van der Waals surface area contributed by atoms with Crippen LogP contribution in [0, 0.1) is 0 Å². The van der Waals surface area contributed by atoms with Crippen LogP contribution in [0.15, 0.2) is 53.0 Å². The summed E-state index contributed by atoms with van der Waals surface area (Å²) in [5.74, 6) is 0.279. The Labute approximate surface area is 108 Å². The van der Waals surface area contributed by atoms with Crippen molar-refractivity contribution < 1.29 is 9.63 Å². The molecular weight excluding hydrogens is 248 g/mol. The Morgan fingerprint density at radius 3 is 2.67 bits per heavy atom. The smallest absolute Gasteiger partial charge is 0.274 e. The quantitative estimate of drug-likeness (QED) is 0.898. The van der Waals surface area contributed by atoms with Crippen LogP contribution in [0.3, 0.4) is 0 Å². The molecule has 1 aliphatic heterocycles. The van der Waals surface area contributed by atoms with E-state index in [4.69, 9.17) is 4.84 Å². The van der Waals surface area contributed by atoms with Crippen LogP contribution in [0.1, 0.15) is 16.5 Å². The first-order chi connectivity index (χ1) is 8.84. The second-order valence-electron chi connectivity index (χ2n) is 3.80. The van der Waals surface area contributed by atoms with Crippen molar-refractivity contribution >= 4 is 23.1 Å². The molecule has 90 valence electrons. The molecule has 1 aromatic carbocycles. The summed E-state index contributed by atoms with van der Waals surface area (Å²) in [6, 6.07) is 13.1. The van der Waals surface area contributed by atoms with Crippen LogP contribution < -0.4 is 5.32 Å². The summed E-state index contributed by atoms with van der Waals surface area (Å²) in [5, 5.41) is 8.66. The number of nitrogens with one attached hydrogen (secondary N) is 1. The molecule has 0 saturated carbocycles. The highest BCUT2D eigenvalue weighted by molar-refractivity contribution is 7.12. The lowest BCUT2D eigenvalue weighted by molar-refractivity contribution is -0.133. The first-order valence-electron chi connectivity index (χ1n) is 5.48. The van der Waals surface area contributed by atoms with Crippen molar-refractivity contribution in [2.45, 2.75) is 6.10 Å². The number of hydrogen-bond acceptors (Lipinski definition) is 4. The molecule has 1 aromatic heterocycles. The van der Waals surface area contributed by atoms with Gasteiger partial charge in [0.2, 0.25) is 6.10 Å². The summed E-state index contributed by atoms with van der Waals surface area (Å²) in [7, 11) is 0. The zero-order chi connectivity index (χ0) is 12.4. The third kappa shape index (κ3) is 2.00. The van der Waals surface area contributed by atoms with Crippen LogP contribution in [0.5, 0.6) is 0 Å². The number of oxime groups is 1. The first-order valence-corrected chi connectivity index (χ1v) is 6.36. The van der Waals surface area contributed by atoms with Gasteiger partial charge in [0.1, 0.15) is 0 Å². The van der Waals surface area contributed by atoms with Gasteiger partial charge in [0.25, 0.3) is 5.91 Å². The van der Waals surface area contributed by atoms with E-state index in [0.29, 0.717) is 5.84 Å². The van der Waals surface area contributed by atoms with Gasteiger partial charge in [-0.15, -0.1) is 11.3 Å². The predicted octanol–water partition coefficient (Wildman–Crippen LogP) is 2.30. The maximum Gasteiger partial charge on any atom is 0.274 e. The lowest BCUT2D eigenvalue weighted by atomic mass is 10.1. The Kier molecular flexibility index (Phi) is 2.82. The van der Waals surface area contributed by atoms with Crippen LogP contribution >= 0.6 is 11.3 Å². The second-order valence-corrected chi connectivity index (χ2v) is 4.75. The number of amides is 1. The summed E-state index contributed by atoms with van der Waals surface area (Å²) < 4.78 is 0. The third-order valence-electron chi connectivity index (χ3n) is 2.59. The molecule has 0 bridgehead atoms. The van der Waals surface area contributed by atoms with Gasteiger partial charge in [-0.1, -0.05) is 41.6 Å². The van der Waals surface area contributed by atoms with E-state index in [1.54, 1.807) is 0 Å². The molecule has 1 aliphatic rings. The Balaban J connectivity index is 1.85. The molecule has 1 N–H and O–H groups in total. The van der Waals surface area contributed by atoms with Crippen LogP contribution in [-0.2, 0) is 9.63 Å². The van der Waals surface area contributed by atoms with Gasteiger partial charge in [0.15, 0.2) is 5.84 Å². The van der Waals surface area contributed by atoms with Crippen LogP contribution in [0.4, 0.5) is 0 Å². The number of carbonyl (C=O) groups excluding carboxylic acids is 1. The molecule has 1 amide bonds. The number of hydrogen-bond donors (Lipinski definition) is 1. The Morgan fingerprint density at radius 2 is 2.00 bits per heavy atom. The molecule has 1 atom stereocenters. The standard InChI is InChI=1S/C13H10N2O2S/c16-13-11(9-5-2-1-3-6-9)17-15-12(14-13)10-7-4-8-18-10/h1-8,11H,(H,14,15,16). The largest absolute Gasteiger partial charge is 0.376 e. The Hall–Kier alpha value is -2.14. The van der Waals surface area contributed by atoms with E-state index in [-0.39, 0.29) is 5.91 Å². The highest BCUT2D eigenvalue weighted by Crippen LogP contribution is 2.22. The molecule has 0 radical (unpaired) electrons. The SMILES string of the molecule is O=C1NC(c2cccs2)=NOC1c1ccccc1. The number of nitrogens with zero attached hydrogens (tertiary/aromatic N) is 1. The molecule has 3 rings (SSSR count). The predicted molar refractivity (Wildman–Crippen MR) is 69.3 cm³/mol. The van der Waals surface area contributed by atoms with E-state index >= 15 is 0 Å². The van der Waals surface area contributed by atoms with Crippen LogP contribution in [-0.4, -0.2) is 11.7 Å². The van der Waals surface area contributed by atoms with E-state index in [0.717, 1.165) is 10.4 Å². The van der Waals surface area contributed by atoms with Gasteiger partial charge >= 0.3 is 0 Å². The highest BCUT2D eigenvalue weighted by atomic mass is 32.1. The summed E-state index contributed by atoms with van der Waals surface area (Å²) in [5.41, 5.74) is 0.795. The Bertz CT molecular complexity index is 578. The number of rotatable bonds is 2. The zero-order valence-corrected chi connectivity index (χ0v) is 10.2. The third-order valence-corrected chi connectivity index (χ3v) is 3.46. The van der Waals surface area contributed by atoms with Gasteiger partial charge in [-0.3, -0.25) is 4.79 Å². The normalized spacial score (nSPS) is 18.8. The molecule has 18 heavy (non-hydrogen) atoms. The van der Waals surface area contributed by atoms with Crippen molar-refractivity contribution in [1.82, 2.24) is 5.32 Å². The molecular formula is C13H10N2O2S. The van der Waals surface area contributed by atoms with Gasteiger partial charge in [-0.2, -0.15) is 0 Å². The Morgan fingerprint density at radius 1 is 1.17 bits per heavy atom. The van der Waals surface area contributed by atoms with Crippen molar-refractivity contribution in [3.8, 4) is 0 Å². The van der Waals surface area contributed by atoms with Gasteiger partial charge in [-0.05, 0) is 11.4 Å². The van der Waals surface area contributed by atoms with Crippen molar-refractivity contribution in [3.05, 3.63) is 58.3 Å². The van der Waals surface area contributed by atoms with E-state index in [1.807, 2.05) is 47.8 Å². The van der Waals surface area contributed by atoms with Crippen molar-refractivity contribution in [3.63, 3.8) is 0 Å². The average Bonchev–Trinajstić information content (AvgIpc) is 2.93. The van der Waals surface area contributed by atoms with Crippen molar-refractivity contribution in [2.75, 3.05) is 0 Å². The monoisotopic (exact) mass is 258 g/mol. The number of thiophene rings is 1. The van der Waals surface area contributed by atoms with Gasteiger partial charge in [0.05, 0.1) is 4.88 Å². The minimum absolute atomic E-state index is 0.195. The van der Waals surface area contributed by atoms with E-state index in [9.17, 15) is 4.79 Å². The van der Waals surface area contributed by atoms with Crippen LogP contribution in [0.2, 0.25) is 0 Å². The topological polar surface area (TPSA) is 50.7 Å². The minimum atomic E-state index is -0.671. The molecule has 5 heteroatoms. The number of benzene rings is 1. The highest BCUT2D eigenvalue weighted by Gasteiger charge is 2.28. The minimum Gasteiger partial charge on any atom is -0.376 e. The maximum absolute atomic E-state index is 12.0. The van der Waals surface area contributed by atoms with Crippen molar-refractivity contribution in [2.24, 2.45) is 5.16 Å². The molecule has 0 aliphatic carbocycles. The summed E-state index contributed by atoms with van der Waals surface area (Å²) in [4.78, 5) is 18.2. The number of amidine groups is 1. The lowest BCUT2D eigenvalue weighted by Gasteiger charge is -2.20. The van der Waals surface area contributed by atoms with Crippen LogP contribution in [0.25, 0.3) is 0 Å². The molecule has 0 saturated heterocycles. The second kappa shape index (κ2) is 4.62. The van der Waals surface area contributed by atoms with E-state index < -0.39 is 6.10 Å². The molecule has 2 heterocycles. The molecule has 0 spiro atoms. The summed E-state index contributed by atoms with van der Waals surface area (Å²) in [6.07, 6.45) is -0.671. The van der Waals surface area contributed by atoms with Crippen molar-refractivity contribution in [1.29, 1.82) is 0 Å². The zero-order valence-electron chi connectivity index (χ0n) is 9.37. The maximum atomic E-state index is 12.0. The summed E-state index contributed by atoms with van der Waals surface area (Å²) in [6.45, 7) is 0. The fraction of sp³-hybridized carbons (Fsp3) is 0.0769. The average molecular weight is 258 g/mol. The fourth-order valence-electron chi connectivity index (χ4n) is 1.72. The van der Waals surface area contributed by atoms with Gasteiger partial charge in [0, 0.05) is 5.56 Å². The van der Waals surface area contributed by atoms with E-state index in [1.165, 1.54) is 11.3 Å². The molecule has 4 nitrogen and oxygen atoms in total. The summed E-state index contributed by atoms with van der Waals surface area (Å²) >= 11 is 1.50. The number of carbonyl (C=O) groups is 1.